The molecule has 4 atom stereocenters. The predicted octanol–water partition coefficient (Wildman–Crippen LogP) is 4.56. The molecule has 1 aliphatic rings. The van der Waals surface area contributed by atoms with Gasteiger partial charge in [-0.05, 0) is 41.9 Å². The van der Waals surface area contributed by atoms with Crippen molar-refractivity contribution in [3.8, 4) is 0 Å². The largest absolute Gasteiger partial charge is 0.455 e. The summed E-state index contributed by atoms with van der Waals surface area (Å²) in [4.78, 5) is 24.8. The van der Waals surface area contributed by atoms with Crippen LogP contribution in [-0.2, 0) is 14.3 Å². The zero-order chi connectivity index (χ0) is 19.3. The summed E-state index contributed by atoms with van der Waals surface area (Å²) >= 11 is 5.92. The highest BCUT2D eigenvalue weighted by atomic mass is 35.5. The number of carbonyl (C=O) groups excluding carboxylic acids is 2. The summed E-state index contributed by atoms with van der Waals surface area (Å²) in [6.45, 7) is 8.10. The first-order valence-electron chi connectivity index (χ1n) is 9.51. The van der Waals surface area contributed by atoms with Crippen LogP contribution in [0.3, 0.4) is 0 Å². The smallest absolute Gasteiger partial charge is 0.314 e. The molecule has 5 heteroatoms. The highest BCUT2D eigenvalue weighted by Crippen LogP contribution is 2.30. The second-order valence-corrected chi connectivity index (χ2v) is 8.26. The molecular weight excluding hydrogens is 350 g/mol. The Hall–Kier alpha value is -1.55. The van der Waals surface area contributed by atoms with E-state index in [0.29, 0.717) is 16.9 Å². The molecule has 2 rings (SSSR count). The van der Waals surface area contributed by atoms with Gasteiger partial charge in [-0.1, -0.05) is 64.3 Å². The second kappa shape index (κ2) is 9.40. The standard InChI is InChI=1S/C21H30ClNO3/c1-13(2)20(16-8-10-17(22)11-9-16)21(25)26-12-19(24)23-18-7-5-6-14(3)15(18)4/h8-11,13-15,18,20H,5-7,12H2,1-4H3,(H,23,24)/t14-,15+,18+,20-/m0/s1. The van der Waals surface area contributed by atoms with Gasteiger partial charge in [-0.25, -0.2) is 0 Å². The number of halogens is 1. The van der Waals surface area contributed by atoms with Crippen molar-refractivity contribution in [3.63, 3.8) is 0 Å². The van der Waals surface area contributed by atoms with Crippen molar-refractivity contribution >= 4 is 23.5 Å². The number of carbonyl (C=O) groups is 2. The van der Waals surface area contributed by atoms with E-state index in [1.165, 1.54) is 6.42 Å². The molecule has 1 fully saturated rings. The van der Waals surface area contributed by atoms with Crippen LogP contribution < -0.4 is 5.32 Å². The minimum Gasteiger partial charge on any atom is -0.455 e. The van der Waals surface area contributed by atoms with Gasteiger partial charge in [0, 0.05) is 11.1 Å². The fraction of sp³-hybridized carbons (Fsp3) is 0.619. The van der Waals surface area contributed by atoms with E-state index in [-0.39, 0.29) is 30.4 Å². The number of rotatable bonds is 6. The van der Waals surface area contributed by atoms with E-state index in [2.05, 4.69) is 19.2 Å². The summed E-state index contributed by atoms with van der Waals surface area (Å²) in [5.41, 5.74) is 0.851. The molecule has 1 amide bonds. The Morgan fingerprint density at radius 2 is 1.85 bits per heavy atom. The Bertz CT molecular complexity index is 614. The summed E-state index contributed by atoms with van der Waals surface area (Å²) in [5.74, 6) is 0.109. The van der Waals surface area contributed by atoms with Gasteiger partial charge in [0.2, 0.25) is 0 Å². The van der Waals surface area contributed by atoms with Crippen LogP contribution in [0.15, 0.2) is 24.3 Å². The van der Waals surface area contributed by atoms with E-state index in [0.717, 1.165) is 18.4 Å². The van der Waals surface area contributed by atoms with Gasteiger partial charge < -0.3 is 10.1 Å². The van der Waals surface area contributed by atoms with Gasteiger partial charge in [0.25, 0.3) is 5.91 Å². The molecule has 0 radical (unpaired) electrons. The Morgan fingerprint density at radius 3 is 2.46 bits per heavy atom. The Labute approximate surface area is 161 Å². The van der Waals surface area contributed by atoms with Crippen LogP contribution in [-0.4, -0.2) is 24.5 Å². The van der Waals surface area contributed by atoms with Crippen molar-refractivity contribution in [3.05, 3.63) is 34.9 Å². The lowest BCUT2D eigenvalue weighted by Crippen LogP contribution is -2.45. The minimum atomic E-state index is -0.409. The molecule has 26 heavy (non-hydrogen) atoms. The van der Waals surface area contributed by atoms with Crippen LogP contribution in [0.1, 0.15) is 58.4 Å². The van der Waals surface area contributed by atoms with Gasteiger partial charge in [0.05, 0.1) is 5.92 Å². The Balaban J connectivity index is 1.91. The van der Waals surface area contributed by atoms with Gasteiger partial charge in [-0.2, -0.15) is 0 Å². The van der Waals surface area contributed by atoms with Crippen molar-refractivity contribution < 1.29 is 14.3 Å². The van der Waals surface area contributed by atoms with Crippen LogP contribution in [0.4, 0.5) is 0 Å². The number of hydrogen-bond acceptors (Lipinski definition) is 3. The lowest BCUT2D eigenvalue weighted by atomic mass is 9.78. The number of hydrogen-bond donors (Lipinski definition) is 1. The maximum Gasteiger partial charge on any atom is 0.314 e. The number of ether oxygens (including phenoxy) is 1. The van der Waals surface area contributed by atoms with E-state index >= 15 is 0 Å². The number of amides is 1. The first-order valence-corrected chi connectivity index (χ1v) is 9.88. The lowest BCUT2D eigenvalue weighted by molar-refractivity contribution is -0.151. The number of benzene rings is 1. The van der Waals surface area contributed by atoms with Gasteiger partial charge in [-0.3, -0.25) is 9.59 Å². The fourth-order valence-electron chi connectivity index (χ4n) is 3.72. The average molecular weight is 380 g/mol. The lowest BCUT2D eigenvalue weighted by Gasteiger charge is -2.34. The summed E-state index contributed by atoms with van der Waals surface area (Å²) in [5, 5.41) is 3.66. The monoisotopic (exact) mass is 379 g/mol. The zero-order valence-electron chi connectivity index (χ0n) is 16.1. The molecule has 1 aromatic rings. The van der Waals surface area contributed by atoms with Crippen LogP contribution in [0.25, 0.3) is 0 Å². The average Bonchev–Trinajstić information content (AvgIpc) is 2.59. The van der Waals surface area contributed by atoms with Crippen molar-refractivity contribution in [1.29, 1.82) is 0 Å². The van der Waals surface area contributed by atoms with Crippen molar-refractivity contribution in [1.82, 2.24) is 5.32 Å². The molecule has 1 N–H and O–H groups in total. The van der Waals surface area contributed by atoms with Crippen LogP contribution in [0.5, 0.6) is 0 Å². The van der Waals surface area contributed by atoms with E-state index in [4.69, 9.17) is 16.3 Å². The summed E-state index contributed by atoms with van der Waals surface area (Å²) in [6.07, 6.45) is 3.33. The molecule has 144 valence electrons. The second-order valence-electron chi connectivity index (χ2n) is 7.82. The van der Waals surface area contributed by atoms with E-state index in [1.54, 1.807) is 12.1 Å². The first kappa shape index (κ1) is 20.8. The molecule has 1 aromatic carbocycles. The predicted molar refractivity (Wildman–Crippen MR) is 104 cm³/mol. The van der Waals surface area contributed by atoms with Gasteiger partial charge in [-0.15, -0.1) is 0 Å². The fourth-order valence-corrected chi connectivity index (χ4v) is 3.85. The quantitative estimate of drug-likeness (QED) is 0.737. The highest BCUT2D eigenvalue weighted by Gasteiger charge is 2.29. The van der Waals surface area contributed by atoms with Crippen LogP contribution >= 0.6 is 11.6 Å². The maximum absolute atomic E-state index is 12.5. The third-order valence-electron chi connectivity index (χ3n) is 5.55. The third-order valence-corrected chi connectivity index (χ3v) is 5.80. The Kier molecular flexibility index (Phi) is 7.51. The van der Waals surface area contributed by atoms with Crippen LogP contribution in [0.2, 0.25) is 5.02 Å². The number of nitrogens with one attached hydrogen (secondary N) is 1. The normalized spacial score (nSPS) is 24.2. The topological polar surface area (TPSA) is 55.4 Å². The van der Waals surface area contributed by atoms with Crippen molar-refractivity contribution in [2.75, 3.05) is 6.61 Å². The molecular formula is C21H30ClNO3. The van der Waals surface area contributed by atoms with E-state index in [9.17, 15) is 9.59 Å². The summed E-state index contributed by atoms with van der Waals surface area (Å²) < 4.78 is 5.33. The number of esters is 1. The molecule has 0 heterocycles. The maximum atomic E-state index is 12.5. The van der Waals surface area contributed by atoms with E-state index < -0.39 is 5.92 Å². The van der Waals surface area contributed by atoms with Crippen molar-refractivity contribution in [2.24, 2.45) is 17.8 Å². The van der Waals surface area contributed by atoms with E-state index in [1.807, 2.05) is 26.0 Å². The molecule has 1 aliphatic carbocycles. The molecule has 1 saturated carbocycles. The molecule has 0 saturated heterocycles. The van der Waals surface area contributed by atoms with Gasteiger partial charge in [0.1, 0.15) is 0 Å². The minimum absolute atomic E-state index is 0.0611. The zero-order valence-corrected chi connectivity index (χ0v) is 16.9. The van der Waals surface area contributed by atoms with Crippen LogP contribution in [0, 0.1) is 17.8 Å². The molecule has 0 bridgehead atoms. The summed E-state index contributed by atoms with van der Waals surface area (Å²) in [6, 6.07) is 7.36. The van der Waals surface area contributed by atoms with Gasteiger partial charge >= 0.3 is 5.97 Å². The molecule has 0 spiro atoms. The molecule has 4 nitrogen and oxygen atoms in total. The van der Waals surface area contributed by atoms with Gasteiger partial charge in [0.15, 0.2) is 6.61 Å². The third kappa shape index (κ3) is 5.47. The van der Waals surface area contributed by atoms with Crippen molar-refractivity contribution in [2.45, 2.75) is 58.9 Å². The molecule has 0 aliphatic heterocycles. The SMILES string of the molecule is CC(C)[C@H](C(=O)OCC(=O)N[C@@H]1CCC[C@H](C)[C@H]1C)c1ccc(Cl)cc1. The first-order chi connectivity index (χ1) is 12.3. The molecule has 0 aromatic heterocycles. The highest BCUT2D eigenvalue weighted by molar-refractivity contribution is 6.30. The molecule has 0 unspecified atom stereocenters. The summed E-state index contributed by atoms with van der Waals surface area (Å²) in [7, 11) is 0. The Morgan fingerprint density at radius 1 is 1.19 bits per heavy atom.